The number of thiophene rings is 1. The molecule has 1 N–H and O–H groups in total. The lowest BCUT2D eigenvalue weighted by Crippen LogP contribution is -2.47. The SMILES string of the molecule is C1=NC/C(=C\Nc2ccc(N3CCN(CC4CC4)CC3)nc2)c2cc(-c3ccsc3)ccc21. The number of piperazine rings is 1. The van der Waals surface area contributed by atoms with Crippen molar-refractivity contribution in [3.05, 3.63) is 70.7 Å². The van der Waals surface area contributed by atoms with Gasteiger partial charge in [-0.3, -0.25) is 9.89 Å². The van der Waals surface area contributed by atoms with E-state index in [1.165, 1.54) is 47.2 Å². The molecular formula is C27H29N5S. The van der Waals surface area contributed by atoms with Crippen molar-refractivity contribution in [2.45, 2.75) is 12.8 Å². The first-order valence-electron chi connectivity index (χ1n) is 11.9. The third kappa shape index (κ3) is 4.72. The molecule has 1 aromatic carbocycles. The van der Waals surface area contributed by atoms with Crippen LogP contribution < -0.4 is 10.2 Å². The summed E-state index contributed by atoms with van der Waals surface area (Å²) >= 11 is 1.73. The van der Waals surface area contributed by atoms with Gasteiger partial charge >= 0.3 is 0 Å². The lowest BCUT2D eigenvalue weighted by Gasteiger charge is -2.35. The van der Waals surface area contributed by atoms with E-state index in [0.29, 0.717) is 6.54 Å². The molecular weight excluding hydrogens is 426 g/mol. The van der Waals surface area contributed by atoms with Crippen LogP contribution in [0.15, 0.2) is 64.5 Å². The van der Waals surface area contributed by atoms with Gasteiger partial charge in [0.1, 0.15) is 5.82 Å². The fourth-order valence-corrected chi connectivity index (χ4v) is 5.33. The van der Waals surface area contributed by atoms with Crippen LogP contribution in [0.25, 0.3) is 16.7 Å². The van der Waals surface area contributed by atoms with E-state index in [9.17, 15) is 0 Å². The molecule has 0 amide bonds. The predicted molar refractivity (Wildman–Crippen MR) is 139 cm³/mol. The standard InChI is InChI=1S/C27H29N5S/c1-2-20(1)18-31-8-10-32(11-9-31)27-6-5-25(17-30-27)29-16-24-15-28-14-22-4-3-21(13-26(22)24)23-7-12-33-19-23/h3-7,12-14,16-17,19-20,29H,1-2,8-11,15,18H2/b24-16+. The number of fused-ring (bicyclic) bond motifs is 1. The van der Waals surface area contributed by atoms with Gasteiger partial charge in [-0.15, -0.1) is 0 Å². The van der Waals surface area contributed by atoms with Crippen LogP contribution in [0.4, 0.5) is 11.5 Å². The second kappa shape index (κ2) is 9.12. The number of nitrogens with zero attached hydrogens (tertiary/aromatic N) is 4. The third-order valence-electron chi connectivity index (χ3n) is 6.82. The normalized spacial score (nSPS) is 19.6. The van der Waals surface area contributed by atoms with Crippen LogP contribution in [-0.4, -0.2) is 55.4 Å². The maximum atomic E-state index is 4.74. The zero-order chi connectivity index (χ0) is 22.0. The van der Waals surface area contributed by atoms with Gasteiger partial charge in [0.25, 0.3) is 0 Å². The van der Waals surface area contributed by atoms with Crippen LogP contribution in [0.5, 0.6) is 0 Å². The van der Waals surface area contributed by atoms with E-state index in [1.807, 2.05) is 12.4 Å². The summed E-state index contributed by atoms with van der Waals surface area (Å²) in [5.74, 6) is 2.05. The summed E-state index contributed by atoms with van der Waals surface area (Å²) < 4.78 is 0. The molecule has 1 saturated carbocycles. The Hall–Kier alpha value is -2.96. The molecule has 2 fully saturated rings. The molecule has 0 atom stereocenters. The van der Waals surface area contributed by atoms with E-state index in [1.54, 1.807) is 11.3 Å². The number of anilines is 2. The molecule has 1 saturated heterocycles. The minimum absolute atomic E-state index is 0.684. The predicted octanol–water partition coefficient (Wildman–Crippen LogP) is 5.23. The number of nitrogens with one attached hydrogen (secondary N) is 1. The summed E-state index contributed by atoms with van der Waals surface area (Å²) in [5, 5.41) is 7.77. The summed E-state index contributed by atoms with van der Waals surface area (Å²) in [5.41, 5.74) is 7.13. The molecule has 0 radical (unpaired) electrons. The Balaban J connectivity index is 1.12. The van der Waals surface area contributed by atoms with Gasteiger partial charge < -0.3 is 10.2 Å². The Morgan fingerprint density at radius 1 is 1.03 bits per heavy atom. The summed E-state index contributed by atoms with van der Waals surface area (Å²) in [7, 11) is 0. The Kier molecular flexibility index (Phi) is 5.70. The maximum Gasteiger partial charge on any atom is 0.128 e. The zero-order valence-electron chi connectivity index (χ0n) is 18.8. The second-order valence-electron chi connectivity index (χ2n) is 9.23. The number of aromatic nitrogens is 1. The minimum atomic E-state index is 0.684. The summed E-state index contributed by atoms with van der Waals surface area (Å²) in [4.78, 5) is 14.3. The molecule has 6 rings (SSSR count). The lowest BCUT2D eigenvalue weighted by atomic mass is 9.94. The highest BCUT2D eigenvalue weighted by Crippen LogP contribution is 2.31. The summed E-state index contributed by atoms with van der Waals surface area (Å²) in [6.45, 7) is 6.41. The van der Waals surface area contributed by atoms with Gasteiger partial charge in [-0.1, -0.05) is 12.1 Å². The highest BCUT2D eigenvalue weighted by Gasteiger charge is 2.26. The molecule has 0 bridgehead atoms. The van der Waals surface area contributed by atoms with E-state index in [4.69, 9.17) is 4.98 Å². The van der Waals surface area contributed by atoms with Gasteiger partial charge in [-0.2, -0.15) is 11.3 Å². The van der Waals surface area contributed by atoms with Crippen molar-refractivity contribution < 1.29 is 0 Å². The van der Waals surface area contributed by atoms with E-state index in [-0.39, 0.29) is 0 Å². The summed E-state index contributed by atoms with van der Waals surface area (Å²) in [6.07, 6.45) is 8.86. The van der Waals surface area contributed by atoms with Crippen LogP contribution >= 0.6 is 11.3 Å². The van der Waals surface area contributed by atoms with Crippen LogP contribution in [-0.2, 0) is 0 Å². The van der Waals surface area contributed by atoms with Crippen LogP contribution in [0.3, 0.4) is 0 Å². The van der Waals surface area contributed by atoms with Gasteiger partial charge in [0.15, 0.2) is 0 Å². The average Bonchev–Trinajstić information content (AvgIpc) is 3.51. The van der Waals surface area contributed by atoms with Gasteiger partial charge in [0.05, 0.1) is 18.4 Å². The molecule has 3 aliphatic rings. The number of pyridine rings is 1. The Bertz CT molecular complexity index is 1150. The first-order valence-corrected chi connectivity index (χ1v) is 12.8. The van der Waals surface area contributed by atoms with E-state index < -0.39 is 0 Å². The average molecular weight is 456 g/mol. The van der Waals surface area contributed by atoms with E-state index in [2.05, 4.69) is 73.5 Å². The van der Waals surface area contributed by atoms with E-state index in [0.717, 1.165) is 43.6 Å². The summed E-state index contributed by atoms with van der Waals surface area (Å²) in [6, 6.07) is 13.1. The molecule has 2 aromatic heterocycles. The van der Waals surface area contributed by atoms with Crippen LogP contribution in [0, 0.1) is 5.92 Å². The van der Waals surface area contributed by atoms with Crippen molar-refractivity contribution in [3.63, 3.8) is 0 Å². The Morgan fingerprint density at radius 2 is 1.94 bits per heavy atom. The number of benzene rings is 1. The molecule has 1 aliphatic carbocycles. The molecule has 0 unspecified atom stereocenters. The lowest BCUT2D eigenvalue weighted by molar-refractivity contribution is 0.247. The molecule has 4 heterocycles. The molecule has 3 aromatic rings. The van der Waals surface area contributed by atoms with Gasteiger partial charge in [0, 0.05) is 45.1 Å². The minimum Gasteiger partial charge on any atom is -0.360 e. The van der Waals surface area contributed by atoms with E-state index >= 15 is 0 Å². The quantitative estimate of drug-likeness (QED) is 0.553. The maximum absolute atomic E-state index is 4.74. The largest absolute Gasteiger partial charge is 0.360 e. The number of aliphatic imine (C=N–C) groups is 1. The molecule has 6 heteroatoms. The first kappa shape index (κ1) is 20.6. The van der Waals surface area contributed by atoms with Crippen molar-refractivity contribution >= 4 is 34.6 Å². The molecule has 2 aliphatic heterocycles. The highest BCUT2D eigenvalue weighted by molar-refractivity contribution is 7.08. The van der Waals surface area contributed by atoms with Crippen molar-refractivity contribution in [1.82, 2.24) is 9.88 Å². The Morgan fingerprint density at radius 3 is 2.70 bits per heavy atom. The molecule has 168 valence electrons. The van der Waals surface area contributed by atoms with Gasteiger partial charge in [-0.05, 0) is 81.6 Å². The van der Waals surface area contributed by atoms with Crippen LogP contribution in [0.2, 0.25) is 0 Å². The molecule has 5 nitrogen and oxygen atoms in total. The van der Waals surface area contributed by atoms with Gasteiger partial charge in [0.2, 0.25) is 0 Å². The highest BCUT2D eigenvalue weighted by atomic mass is 32.1. The number of hydrogen-bond acceptors (Lipinski definition) is 6. The second-order valence-corrected chi connectivity index (χ2v) is 10.0. The monoisotopic (exact) mass is 455 g/mol. The van der Waals surface area contributed by atoms with Crippen molar-refractivity contribution in [2.75, 3.05) is 49.5 Å². The number of hydrogen-bond donors (Lipinski definition) is 1. The smallest absolute Gasteiger partial charge is 0.128 e. The van der Waals surface area contributed by atoms with Crippen molar-refractivity contribution in [1.29, 1.82) is 0 Å². The first-order chi connectivity index (χ1) is 16.3. The zero-order valence-corrected chi connectivity index (χ0v) is 19.6. The fraction of sp³-hybridized carbons (Fsp3) is 0.333. The topological polar surface area (TPSA) is 43.8 Å². The van der Waals surface area contributed by atoms with Crippen LogP contribution in [0.1, 0.15) is 24.0 Å². The van der Waals surface area contributed by atoms with Gasteiger partial charge in [-0.25, -0.2) is 4.98 Å². The van der Waals surface area contributed by atoms with Crippen molar-refractivity contribution in [3.8, 4) is 11.1 Å². The molecule has 33 heavy (non-hydrogen) atoms. The fourth-order valence-electron chi connectivity index (χ4n) is 4.66. The molecule has 0 spiro atoms. The van der Waals surface area contributed by atoms with Crippen molar-refractivity contribution in [2.24, 2.45) is 10.9 Å². The third-order valence-corrected chi connectivity index (χ3v) is 7.50. The Labute approximate surface area is 199 Å². The number of rotatable bonds is 6.